The summed E-state index contributed by atoms with van der Waals surface area (Å²) in [6.07, 6.45) is 2.30. The van der Waals surface area contributed by atoms with Gasteiger partial charge in [0.05, 0.1) is 6.67 Å². The van der Waals surface area contributed by atoms with Gasteiger partial charge in [-0.15, -0.1) is 5.10 Å². The second-order valence-electron chi connectivity index (χ2n) is 6.83. The molecule has 0 bridgehead atoms. The molecule has 1 N–H and O–H groups in total. The van der Waals surface area contributed by atoms with Gasteiger partial charge in [-0.2, -0.15) is 4.31 Å². The lowest BCUT2D eigenvalue weighted by Gasteiger charge is -2.33. The molecule has 1 saturated carbocycles. The van der Waals surface area contributed by atoms with Crippen molar-refractivity contribution in [3.8, 4) is 0 Å². The minimum absolute atomic E-state index is 0.183. The average molecular weight is 448 g/mol. The Kier molecular flexibility index (Phi) is 5.49. The van der Waals surface area contributed by atoms with E-state index in [1.54, 1.807) is 4.68 Å². The van der Waals surface area contributed by atoms with E-state index in [1.807, 2.05) is 4.90 Å². The maximum atomic E-state index is 13.9. The molecule has 4 rings (SSSR count). The number of piperazine rings is 1. The molecule has 2 heterocycles. The Hall–Kier alpha value is -1.47. The minimum atomic E-state index is -4.08. The fraction of sp³-hybridized carbons (Fsp3) is 0.500. The third kappa shape index (κ3) is 4.25. The number of anilines is 1. The number of benzene rings is 1. The molecule has 0 radical (unpaired) electrons. The lowest BCUT2D eigenvalue weighted by atomic mass is 10.3. The Labute approximate surface area is 170 Å². The minimum Gasteiger partial charge on any atom is -0.357 e. The van der Waals surface area contributed by atoms with Crippen LogP contribution >= 0.6 is 23.6 Å². The van der Waals surface area contributed by atoms with Crippen molar-refractivity contribution in [3.05, 3.63) is 33.8 Å². The van der Waals surface area contributed by atoms with Crippen LogP contribution in [0.2, 0.25) is 0 Å². The van der Waals surface area contributed by atoms with E-state index in [1.165, 1.54) is 15.6 Å². The molecule has 1 aromatic heterocycles. The molecule has 0 amide bonds. The average Bonchev–Trinajstić information content (AvgIpc) is 3.40. The van der Waals surface area contributed by atoms with Crippen LogP contribution in [-0.4, -0.2) is 59.6 Å². The van der Waals surface area contributed by atoms with Gasteiger partial charge < -0.3 is 5.32 Å². The number of hydrogen-bond donors (Lipinski definition) is 1. The van der Waals surface area contributed by atoms with E-state index >= 15 is 0 Å². The van der Waals surface area contributed by atoms with Gasteiger partial charge in [0.25, 0.3) is 0 Å². The third-order valence-corrected chi connectivity index (χ3v) is 7.84. The summed E-state index contributed by atoms with van der Waals surface area (Å²) in [6.45, 7) is 1.72. The number of halogens is 2. The van der Waals surface area contributed by atoms with Crippen molar-refractivity contribution >= 4 is 38.7 Å². The maximum Gasteiger partial charge on any atom is 0.246 e. The van der Waals surface area contributed by atoms with E-state index in [4.69, 9.17) is 12.2 Å². The van der Waals surface area contributed by atoms with Crippen LogP contribution in [0, 0.1) is 15.6 Å². The summed E-state index contributed by atoms with van der Waals surface area (Å²) in [4.78, 5) is 1.41. The fourth-order valence-corrected chi connectivity index (χ4v) is 5.54. The summed E-state index contributed by atoms with van der Waals surface area (Å²) >= 11 is 6.78. The largest absolute Gasteiger partial charge is 0.357 e. The van der Waals surface area contributed by atoms with E-state index in [2.05, 4.69) is 10.4 Å². The first-order valence-electron chi connectivity index (χ1n) is 8.85. The second-order valence-corrected chi connectivity index (χ2v) is 10.4. The van der Waals surface area contributed by atoms with Crippen LogP contribution in [-0.2, 0) is 16.7 Å². The van der Waals surface area contributed by atoms with Gasteiger partial charge in [0.2, 0.25) is 15.2 Å². The molecule has 12 heteroatoms. The van der Waals surface area contributed by atoms with Crippen molar-refractivity contribution in [2.75, 3.05) is 31.5 Å². The molecule has 152 valence electrons. The summed E-state index contributed by atoms with van der Waals surface area (Å²) in [6, 6.07) is 2.94. The van der Waals surface area contributed by atoms with Crippen molar-refractivity contribution in [2.24, 2.45) is 0 Å². The molecule has 0 spiro atoms. The molecule has 0 unspecified atom stereocenters. The predicted octanol–water partition coefficient (Wildman–Crippen LogP) is 2.49. The van der Waals surface area contributed by atoms with Gasteiger partial charge in [0.1, 0.15) is 16.5 Å². The van der Waals surface area contributed by atoms with Crippen LogP contribution < -0.4 is 5.32 Å². The standard InChI is InChI=1S/C16H19F2N5O2S3/c17-11-1-4-13(18)14(9-11)28(24,25)22-7-5-21(6-8-22)10-23-16(26)27-15(20-23)19-12-2-3-12/h1,4,9,12H,2-3,5-8,10H2,(H,19,20). The SMILES string of the molecule is O=S(=O)(c1cc(F)ccc1F)N1CCN(Cn2nc(NC3CC3)sc2=S)CC1. The molecule has 2 aliphatic rings. The van der Waals surface area contributed by atoms with Crippen LogP contribution in [0.5, 0.6) is 0 Å². The monoisotopic (exact) mass is 447 g/mol. The Morgan fingerprint density at radius 2 is 1.93 bits per heavy atom. The molecular formula is C16H19F2N5O2S3. The van der Waals surface area contributed by atoms with Crippen molar-refractivity contribution in [2.45, 2.75) is 30.4 Å². The van der Waals surface area contributed by atoms with Gasteiger partial charge in [0, 0.05) is 32.2 Å². The Morgan fingerprint density at radius 1 is 1.21 bits per heavy atom. The number of rotatable bonds is 6. The molecule has 0 atom stereocenters. The van der Waals surface area contributed by atoms with Gasteiger partial charge in [-0.3, -0.25) is 4.90 Å². The first kappa shape index (κ1) is 19.8. The lowest BCUT2D eigenvalue weighted by molar-refractivity contribution is 0.145. The highest BCUT2D eigenvalue weighted by molar-refractivity contribution is 7.89. The highest BCUT2D eigenvalue weighted by atomic mass is 32.2. The first-order chi connectivity index (χ1) is 13.3. The zero-order valence-electron chi connectivity index (χ0n) is 14.8. The van der Waals surface area contributed by atoms with Crippen molar-refractivity contribution in [1.82, 2.24) is 19.0 Å². The summed E-state index contributed by atoms with van der Waals surface area (Å²) in [5, 5.41) is 8.59. The van der Waals surface area contributed by atoms with Crippen LogP contribution in [0.1, 0.15) is 12.8 Å². The highest BCUT2D eigenvalue weighted by Crippen LogP contribution is 2.26. The molecule has 1 aromatic carbocycles. The third-order valence-electron chi connectivity index (χ3n) is 4.69. The predicted molar refractivity (Wildman–Crippen MR) is 104 cm³/mol. The normalized spacial score (nSPS) is 19.1. The van der Waals surface area contributed by atoms with Crippen LogP contribution in [0.15, 0.2) is 23.1 Å². The molecule has 2 aromatic rings. The van der Waals surface area contributed by atoms with E-state index in [0.717, 1.165) is 36.2 Å². The van der Waals surface area contributed by atoms with Gasteiger partial charge in [-0.05, 0) is 43.3 Å². The topological polar surface area (TPSA) is 70.5 Å². The molecule has 1 aliphatic heterocycles. The van der Waals surface area contributed by atoms with Crippen LogP contribution in [0.3, 0.4) is 0 Å². The fourth-order valence-electron chi connectivity index (χ4n) is 2.97. The highest BCUT2D eigenvalue weighted by Gasteiger charge is 2.31. The van der Waals surface area contributed by atoms with Crippen LogP contribution in [0.25, 0.3) is 0 Å². The molecule has 2 fully saturated rings. The summed E-state index contributed by atoms with van der Waals surface area (Å²) in [7, 11) is -4.08. The summed E-state index contributed by atoms with van der Waals surface area (Å²) in [5.41, 5.74) is 0. The molecular weight excluding hydrogens is 428 g/mol. The van der Waals surface area contributed by atoms with E-state index < -0.39 is 26.6 Å². The molecule has 1 saturated heterocycles. The lowest BCUT2D eigenvalue weighted by Crippen LogP contribution is -2.49. The second kappa shape index (κ2) is 7.75. The first-order valence-corrected chi connectivity index (χ1v) is 11.5. The van der Waals surface area contributed by atoms with E-state index in [-0.39, 0.29) is 13.1 Å². The van der Waals surface area contributed by atoms with Gasteiger partial charge in [-0.1, -0.05) is 11.3 Å². The zero-order valence-corrected chi connectivity index (χ0v) is 17.3. The Morgan fingerprint density at radius 3 is 2.61 bits per heavy atom. The van der Waals surface area contributed by atoms with Gasteiger partial charge >= 0.3 is 0 Å². The maximum absolute atomic E-state index is 13.9. The number of nitrogens with one attached hydrogen (secondary N) is 1. The Bertz CT molecular complexity index is 1030. The van der Waals surface area contributed by atoms with E-state index in [9.17, 15) is 17.2 Å². The molecule has 7 nitrogen and oxygen atoms in total. The van der Waals surface area contributed by atoms with Crippen molar-refractivity contribution in [1.29, 1.82) is 0 Å². The number of hydrogen-bond acceptors (Lipinski definition) is 7. The Balaban J connectivity index is 1.40. The smallest absolute Gasteiger partial charge is 0.246 e. The number of nitrogens with zero attached hydrogens (tertiary/aromatic N) is 4. The number of aromatic nitrogens is 2. The van der Waals surface area contributed by atoms with Gasteiger partial charge in [0.15, 0.2) is 3.95 Å². The van der Waals surface area contributed by atoms with Gasteiger partial charge in [-0.25, -0.2) is 21.9 Å². The summed E-state index contributed by atoms with van der Waals surface area (Å²) < 4.78 is 56.2. The quantitative estimate of drug-likeness (QED) is 0.687. The number of sulfonamides is 1. The summed E-state index contributed by atoms with van der Waals surface area (Å²) in [5.74, 6) is -1.74. The zero-order chi connectivity index (χ0) is 19.9. The molecule has 1 aliphatic carbocycles. The van der Waals surface area contributed by atoms with E-state index in [0.29, 0.717) is 29.8 Å². The van der Waals surface area contributed by atoms with Crippen LogP contribution in [0.4, 0.5) is 13.9 Å². The van der Waals surface area contributed by atoms with Crippen molar-refractivity contribution < 1.29 is 17.2 Å². The van der Waals surface area contributed by atoms with Crippen molar-refractivity contribution in [3.63, 3.8) is 0 Å². The molecule has 28 heavy (non-hydrogen) atoms.